The Morgan fingerprint density at radius 1 is 0.966 bits per heavy atom. The number of nitrogens with one attached hydrogen (secondary N) is 1. The minimum Gasteiger partial charge on any atom is -0.318 e. The largest absolute Gasteiger partial charge is 0.318 e. The summed E-state index contributed by atoms with van der Waals surface area (Å²) >= 11 is 6.16. The molecule has 0 radical (unpaired) electrons. The number of amides is 1. The summed E-state index contributed by atoms with van der Waals surface area (Å²) in [6.07, 6.45) is 0. The average molecular weight is 403 g/mol. The molecule has 0 aliphatic rings. The van der Waals surface area contributed by atoms with Crippen LogP contribution >= 0.6 is 11.6 Å². The maximum absolute atomic E-state index is 12.8. The van der Waals surface area contributed by atoms with Gasteiger partial charge in [-0.2, -0.15) is 0 Å². The zero-order valence-corrected chi connectivity index (χ0v) is 16.8. The Bertz CT molecular complexity index is 1200. The lowest BCUT2D eigenvalue weighted by Gasteiger charge is -2.09. The van der Waals surface area contributed by atoms with Gasteiger partial charge in [0.05, 0.1) is 16.4 Å². The Hall–Kier alpha value is -3.44. The number of nitrogens with zero attached hydrogens (tertiary/aromatic N) is 3. The highest BCUT2D eigenvalue weighted by Crippen LogP contribution is 2.25. The first-order valence-electron chi connectivity index (χ1n) is 9.19. The van der Waals surface area contributed by atoms with Gasteiger partial charge in [0.15, 0.2) is 5.82 Å². The van der Waals surface area contributed by atoms with Crippen LogP contribution in [0.25, 0.3) is 17.1 Å². The number of benzene rings is 3. The fourth-order valence-corrected chi connectivity index (χ4v) is 3.27. The van der Waals surface area contributed by atoms with Crippen molar-refractivity contribution in [3.05, 3.63) is 94.8 Å². The molecule has 0 fully saturated rings. The zero-order chi connectivity index (χ0) is 20.4. The summed E-state index contributed by atoms with van der Waals surface area (Å²) in [5, 5.41) is 7.77. The molecule has 4 rings (SSSR count). The summed E-state index contributed by atoms with van der Waals surface area (Å²) in [7, 11) is 0. The minimum atomic E-state index is -0.417. The lowest BCUT2D eigenvalue weighted by atomic mass is 10.1. The van der Waals surface area contributed by atoms with Crippen molar-refractivity contribution in [2.24, 2.45) is 0 Å². The van der Waals surface area contributed by atoms with E-state index in [1.165, 1.54) is 0 Å². The first-order valence-corrected chi connectivity index (χ1v) is 9.57. The van der Waals surface area contributed by atoms with Crippen LogP contribution in [0.5, 0.6) is 0 Å². The van der Waals surface area contributed by atoms with Crippen molar-refractivity contribution in [2.75, 3.05) is 5.32 Å². The molecule has 5 nitrogen and oxygen atoms in total. The number of hydrogen-bond donors (Lipinski definition) is 1. The van der Waals surface area contributed by atoms with E-state index in [4.69, 9.17) is 11.6 Å². The second-order valence-electron chi connectivity index (χ2n) is 6.76. The quantitative estimate of drug-likeness (QED) is 0.493. The second-order valence-corrected chi connectivity index (χ2v) is 7.17. The van der Waals surface area contributed by atoms with Crippen LogP contribution in [0.1, 0.15) is 21.7 Å². The molecular formula is C23H19ClN4O. The molecule has 0 saturated heterocycles. The first kappa shape index (κ1) is 18.9. The summed E-state index contributed by atoms with van der Waals surface area (Å²) in [5.41, 5.74) is 4.41. The van der Waals surface area contributed by atoms with E-state index < -0.39 is 5.91 Å². The lowest BCUT2D eigenvalue weighted by molar-refractivity contribution is 0.101. The molecule has 4 aromatic rings. The topological polar surface area (TPSA) is 59.8 Å². The number of anilines is 1. The van der Waals surface area contributed by atoms with Crippen LogP contribution in [0.3, 0.4) is 0 Å². The van der Waals surface area contributed by atoms with Gasteiger partial charge < -0.3 is 5.32 Å². The summed E-state index contributed by atoms with van der Waals surface area (Å²) in [4.78, 5) is 17.4. The molecule has 0 saturated carbocycles. The number of hydrogen-bond acceptors (Lipinski definition) is 3. The van der Waals surface area contributed by atoms with Crippen molar-refractivity contribution in [3.63, 3.8) is 0 Å². The van der Waals surface area contributed by atoms with E-state index in [0.717, 1.165) is 22.4 Å². The summed E-state index contributed by atoms with van der Waals surface area (Å²) in [6.45, 7) is 4.02. The highest BCUT2D eigenvalue weighted by atomic mass is 35.5. The Kier molecular flexibility index (Phi) is 5.14. The van der Waals surface area contributed by atoms with Crippen LogP contribution in [-0.4, -0.2) is 20.7 Å². The smallest absolute Gasteiger partial charge is 0.295 e. The molecule has 144 valence electrons. The molecule has 0 unspecified atom stereocenters. The van der Waals surface area contributed by atoms with Crippen molar-refractivity contribution in [2.45, 2.75) is 13.8 Å². The van der Waals surface area contributed by atoms with Crippen molar-refractivity contribution in [1.82, 2.24) is 14.8 Å². The van der Waals surface area contributed by atoms with Gasteiger partial charge in [0.25, 0.3) is 5.91 Å². The standard InChI is InChI=1S/C23H19ClN4O/c1-15-8-7-10-17(14-15)22-26-21(23(29)25-19-12-5-4-11-18(19)24)27-28(22)20-13-6-3-9-16(20)2/h3-14H,1-2H3,(H,25,29). The van der Waals surface area contributed by atoms with Crippen LogP contribution < -0.4 is 5.32 Å². The van der Waals surface area contributed by atoms with Crippen molar-refractivity contribution in [1.29, 1.82) is 0 Å². The molecule has 0 atom stereocenters. The van der Waals surface area contributed by atoms with Gasteiger partial charge in [-0.05, 0) is 43.7 Å². The van der Waals surface area contributed by atoms with E-state index in [-0.39, 0.29) is 5.82 Å². The summed E-state index contributed by atoms with van der Waals surface area (Å²) in [5.74, 6) is 0.260. The normalized spacial score (nSPS) is 10.7. The highest BCUT2D eigenvalue weighted by molar-refractivity contribution is 6.33. The molecule has 0 aliphatic carbocycles. The molecule has 1 heterocycles. The maximum Gasteiger partial charge on any atom is 0.295 e. The highest BCUT2D eigenvalue weighted by Gasteiger charge is 2.20. The maximum atomic E-state index is 12.8. The van der Waals surface area contributed by atoms with Crippen LogP contribution in [0.2, 0.25) is 5.02 Å². The van der Waals surface area contributed by atoms with Crippen LogP contribution in [-0.2, 0) is 0 Å². The van der Waals surface area contributed by atoms with Crippen molar-refractivity contribution < 1.29 is 4.79 Å². The molecule has 1 amide bonds. The number of aryl methyl sites for hydroxylation is 2. The van der Waals surface area contributed by atoms with Gasteiger partial charge in [0.1, 0.15) is 0 Å². The molecular weight excluding hydrogens is 384 g/mol. The number of carbonyl (C=O) groups excluding carboxylic acids is 1. The molecule has 3 aromatic carbocycles. The Labute approximate surface area is 174 Å². The van der Waals surface area contributed by atoms with E-state index >= 15 is 0 Å². The van der Waals surface area contributed by atoms with Gasteiger partial charge in [-0.3, -0.25) is 4.79 Å². The molecule has 1 aromatic heterocycles. The fraction of sp³-hybridized carbons (Fsp3) is 0.0870. The van der Waals surface area contributed by atoms with Crippen LogP contribution in [0, 0.1) is 13.8 Å². The van der Waals surface area contributed by atoms with Gasteiger partial charge in [-0.25, -0.2) is 9.67 Å². The van der Waals surface area contributed by atoms with Gasteiger partial charge in [0, 0.05) is 5.56 Å². The molecule has 6 heteroatoms. The predicted octanol–water partition coefficient (Wildman–Crippen LogP) is 5.46. The SMILES string of the molecule is Cc1cccc(-c2nc(C(=O)Nc3ccccc3Cl)nn2-c2ccccc2C)c1. The van der Waals surface area contributed by atoms with E-state index in [1.54, 1.807) is 28.9 Å². The number of aromatic nitrogens is 3. The van der Waals surface area contributed by atoms with Gasteiger partial charge >= 0.3 is 0 Å². The first-order chi connectivity index (χ1) is 14.0. The molecule has 0 spiro atoms. The van der Waals surface area contributed by atoms with Gasteiger partial charge in [-0.15, -0.1) is 5.10 Å². The Morgan fingerprint density at radius 2 is 1.72 bits per heavy atom. The van der Waals surface area contributed by atoms with E-state index in [0.29, 0.717) is 16.5 Å². The lowest BCUT2D eigenvalue weighted by Crippen LogP contribution is -2.14. The monoisotopic (exact) mass is 402 g/mol. The number of carbonyl (C=O) groups is 1. The zero-order valence-electron chi connectivity index (χ0n) is 16.1. The molecule has 1 N–H and O–H groups in total. The van der Waals surface area contributed by atoms with E-state index in [2.05, 4.69) is 15.4 Å². The summed E-state index contributed by atoms with van der Waals surface area (Å²) in [6, 6.07) is 22.9. The molecule has 0 aliphatic heterocycles. The Balaban J connectivity index is 1.80. The average Bonchev–Trinajstić information content (AvgIpc) is 3.15. The third kappa shape index (κ3) is 3.91. The summed E-state index contributed by atoms with van der Waals surface area (Å²) < 4.78 is 1.71. The van der Waals surface area contributed by atoms with E-state index in [9.17, 15) is 4.79 Å². The van der Waals surface area contributed by atoms with Crippen molar-refractivity contribution in [3.8, 4) is 17.1 Å². The second kappa shape index (κ2) is 7.89. The van der Waals surface area contributed by atoms with Crippen LogP contribution in [0.4, 0.5) is 5.69 Å². The third-order valence-electron chi connectivity index (χ3n) is 4.55. The number of rotatable bonds is 4. The van der Waals surface area contributed by atoms with E-state index in [1.807, 2.05) is 62.4 Å². The fourth-order valence-electron chi connectivity index (χ4n) is 3.09. The van der Waals surface area contributed by atoms with Crippen molar-refractivity contribution >= 4 is 23.2 Å². The van der Waals surface area contributed by atoms with Gasteiger partial charge in [0.2, 0.25) is 5.82 Å². The predicted molar refractivity (Wildman–Crippen MR) is 116 cm³/mol. The molecule has 29 heavy (non-hydrogen) atoms. The third-order valence-corrected chi connectivity index (χ3v) is 4.88. The molecule has 0 bridgehead atoms. The Morgan fingerprint density at radius 3 is 2.48 bits per heavy atom. The number of para-hydroxylation sites is 2. The van der Waals surface area contributed by atoms with Crippen LogP contribution in [0.15, 0.2) is 72.8 Å². The van der Waals surface area contributed by atoms with Gasteiger partial charge in [-0.1, -0.05) is 65.7 Å². The minimum absolute atomic E-state index is 0.0738. The number of halogens is 1.